The molecule has 0 aromatic carbocycles. The second-order valence-electron chi connectivity index (χ2n) is 2.18. The molecule has 0 aromatic rings. The van der Waals surface area contributed by atoms with Crippen LogP contribution in [0.15, 0.2) is 0 Å². The highest BCUT2D eigenvalue weighted by atomic mass is 16.9. The van der Waals surface area contributed by atoms with Gasteiger partial charge in [-0.3, -0.25) is 0 Å². The molecule has 0 aliphatic carbocycles. The van der Waals surface area contributed by atoms with Crippen molar-refractivity contribution in [2.24, 2.45) is 0 Å². The zero-order valence-electron chi connectivity index (χ0n) is 6.10. The van der Waals surface area contributed by atoms with Gasteiger partial charge in [0.15, 0.2) is 6.29 Å². The lowest BCUT2D eigenvalue weighted by Gasteiger charge is -2.15. The first-order valence-corrected chi connectivity index (χ1v) is 3.50. The molecule has 1 saturated heterocycles. The Morgan fingerprint density at radius 1 is 1.64 bits per heavy atom. The van der Waals surface area contributed by atoms with Crippen LogP contribution in [0.2, 0.25) is 0 Å². The summed E-state index contributed by atoms with van der Waals surface area (Å²) in [6.45, 7) is -1.30. The smallest absolute Gasteiger partial charge is 0.273 e. The largest absolute Gasteiger partial charge is 0.370 e. The molecule has 5 heteroatoms. The van der Waals surface area contributed by atoms with Crippen LogP contribution in [0.5, 0.6) is 0 Å². The van der Waals surface area contributed by atoms with E-state index in [0.717, 1.165) is 12.8 Å². The zero-order chi connectivity index (χ0) is 8.10. The molecule has 5 nitrogen and oxygen atoms in total. The van der Waals surface area contributed by atoms with Crippen LogP contribution in [0.4, 0.5) is 0 Å². The summed E-state index contributed by atoms with van der Waals surface area (Å²) in [6, 6.07) is 0. The first-order chi connectivity index (χ1) is 5.33. The van der Waals surface area contributed by atoms with E-state index >= 15 is 0 Å². The van der Waals surface area contributed by atoms with Gasteiger partial charge >= 0.3 is 0 Å². The van der Waals surface area contributed by atoms with Crippen LogP contribution in [0.25, 0.3) is 0 Å². The topological polar surface area (TPSA) is 68.2 Å². The summed E-state index contributed by atoms with van der Waals surface area (Å²) >= 11 is 0. The lowest BCUT2D eigenvalue weighted by molar-refractivity contribution is -0.330. The van der Waals surface area contributed by atoms with Gasteiger partial charge in [0, 0.05) is 13.0 Å². The van der Waals surface area contributed by atoms with Crippen LogP contribution >= 0.6 is 0 Å². The maximum Gasteiger partial charge on any atom is 0.273 e. The van der Waals surface area contributed by atoms with Gasteiger partial charge in [-0.15, -0.1) is 0 Å². The summed E-state index contributed by atoms with van der Waals surface area (Å²) in [5, 5.41) is 17.0. The molecule has 0 saturated carbocycles. The maximum absolute atomic E-state index is 8.83. The van der Waals surface area contributed by atoms with Crippen LogP contribution in [-0.2, 0) is 14.2 Å². The van der Waals surface area contributed by atoms with Crippen molar-refractivity contribution in [2.45, 2.75) is 25.6 Å². The van der Waals surface area contributed by atoms with Crippen LogP contribution in [0.1, 0.15) is 12.8 Å². The van der Waals surface area contributed by atoms with E-state index in [0.29, 0.717) is 6.61 Å². The third-order valence-electron chi connectivity index (χ3n) is 1.37. The number of ether oxygens (including phenoxy) is 3. The lowest BCUT2D eigenvalue weighted by atomic mass is 10.4. The highest BCUT2D eigenvalue weighted by Gasteiger charge is 2.19. The van der Waals surface area contributed by atoms with Gasteiger partial charge in [0.1, 0.15) is 6.79 Å². The summed E-state index contributed by atoms with van der Waals surface area (Å²) < 4.78 is 14.1. The number of aliphatic hydroxyl groups excluding tert-OH is 2. The van der Waals surface area contributed by atoms with Crippen molar-refractivity contribution in [3.8, 4) is 0 Å². The maximum atomic E-state index is 8.83. The average molecular weight is 164 g/mol. The van der Waals surface area contributed by atoms with E-state index in [1.54, 1.807) is 0 Å². The molecule has 2 atom stereocenters. The van der Waals surface area contributed by atoms with E-state index in [9.17, 15) is 0 Å². The van der Waals surface area contributed by atoms with Crippen molar-refractivity contribution in [3.05, 3.63) is 0 Å². The van der Waals surface area contributed by atoms with Crippen LogP contribution in [0.3, 0.4) is 0 Å². The molecule has 66 valence electrons. The van der Waals surface area contributed by atoms with E-state index in [4.69, 9.17) is 19.7 Å². The summed E-state index contributed by atoms with van der Waals surface area (Å²) in [5.41, 5.74) is 0. The van der Waals surface area contributed by atoms with Crippen LogP contribution in [-0.4, -0.2) is 36.4 Å². The predicted molar refractivity (Wildman–Crippen MR) is 34.2 cm³/mol. The Kier molecular flexibility index (Phi) is 3.74. The molecule has 2 N–H and O–H groups in total. The van der Waals surface area contributed by atoms with Crippen molar-refractivity contribution in [3.63, 3.8) is 0 Å². The SMILES string of the molecule is OCOC(O)OC1CCCO1. The van der Waals surface area contributed by atoms with Crippen molar-refractivity contribution in [1.82, 2.24) is 0 Å². The van der Waals surface area contributed by atoms with Gasteiger partial charge in [-0.25, -0.2) is 0 Å². The van der Waals surface area contributed by atoms with E-state index in [1.165, 1.54) is 0 Å². The van der Waals surface area contributed by atoms with E-state index in [2.05, 4.69) is 4.74 Å². The molecule has 0 spiro atoms. The van der Waals surface area contributed by atoms with E-state index < -0.39 is 19.6 Å². The lowest BCUT2D eigenvalue weighted by Crippen LogP contribution is -2.23. The molecule has 1 heterocycles. The van der Waals surface area contributed by atoms with Crippen molar-refractivity contribution in [2.75, 3.05) is 13.4 Å². The Balaban J connectivity index is 2.08. The fourth-order valence-electron chi connectivity index (χ4n) is 0.888. The monoisotopic (exact) mass is 164 g/mol. The van der Waals surface area contributed by atoms with Gasteiger partial charge in [0.25, 0.3) is 6.48 Å². The van der Waals surface area contributed by atoms with E-state index in [1.807, 2.05) is 0 Å². The Bertz CT molecular complexity index is 101. The van der Waals surface area contributed by atoms with Crippen molar-refractivity contribution < 1.29 is 24.4 Å². The number of rotatable bonds is 4. The molecule has 0 aromatic heterocycles. The average Bonchev–Trinajstić information content (AvgIpc) is 2.40. The summed E-state index contributed by atoms with van der Waals surface area (Å²) in [5.74, 6) is 0. The van der Waals surface area contributed by atoms with Gasteiger partial charge in [-0.1, -0.05) is 0 Å². The van der Waals surface area contributed by atoms with Crippen molar-refractivity contribution >= 4 is 0 Å². The predicted octanol–water partition coefficient (Wildman–Crippen LogP) is -0.618. The van der Waals surface area contributed by atoms with Crippen molar-refractivity contribution in [1.29, 1.82) is 0 Å². The molecule has 1 aliphatic heterocycles. The normalized spacial score (nSPS) is 27.3. The quantitative estimate of drug-likeness (QED) is 0.542. The molecule has 1 rings (SSSR count). The van der Waals surface area contributed by atoms with Crippen LogP contribution in [0, 0.1) is 0 Å². The standard InChI is InChI=1S/C6H12O5/c7-4-10-6(8)11-5-2-1-3-9-5/h5-8H,1-4H2. The minimum absolute atomic E-state index is 0.392. The fraction of sp³-hybridized carbons (Fsp3) is 1.00. The highest BCUT2D eigenvalue weighted by Crippen LogP contribution is 2.14. The molecule has 1 aliphatic rings. The fourth-order valence-corrected chi connectivity index (χ4v) is 0.888. The molecule has 11 heavy (non-hydrogen) atoms. The molecule has 0 radical (unpaired) electrons. The summed E-state index contributed by atoms with van der Waals surface area (Å²) in [6.07, 6.45) is 1.29. The van der Waals surface area contributed by atoms with Gasteiger partial charge in [0.2, 0.25) is 0 Å². The van der Waals surface area contributed by atoms with Gasteiger partial charge < -0.3 is 24.4 Å². The van der Waals surface area contributed by atoms with Gasteiger partial charge in [-0.05, 0) is 6.42 Å². The van der Waals surface area contributed by atoms with Gasteiger partial charge in [0.05, 0.1) is 0 Å². The Labute approximate surface area is 64.5 Å². The highest BCUT2D eigenvalue weighted by molar-refractivity contribution is 4.53. The number of aliphatic hydroxyl groups is 2. The minimum Gasteiger partial charge on any atom is -0.370 e. The number of hydrogen-bond acceptors (Lipinski definition) is 5. The zero-order valence-corrected chi connectivity index (χ0v) is 6.10. The molecule has 0 amide bonds. The Morgan fingerprint density at radius 2 is 2.45 bits per heavy atom. The number of hydrogen-bond donors (Lipinski definition) is 2. The first kappa shape index (κ1) is 8.89. The Hall–Kier alpha value is -0.200. The molecule has 1 fully saturated rings. The second kappa shape index (κ2) is 4.63. The summed E-state index contributed by atoms with van der Waals surface area (Å²) in [7, 11) is 0. The van der Waals surface area contributed by atoms with Gasteiger partial charge in [-0.2, -0.15) is 0 Å². The second-order valence-corrected chi connectivity index (χ2v) is 2.18. The summed E-state index contributed by atoms with van der Waals surface area (Å²) in [4.78, 5) is 0. The molecule has 0 bridgehead atoms. The van der Waals surface area contributed by atoms with Crippen LogP contribution < -0.4 is 0 Å². The van der Waals surface area contributed by atoms with E-state index in [-0.39, 0.29) is 0 Å². The third-order valence-corrected chi connectivity index (χ3v) is 1.37. The third kappa shape index (κ3) is 3.13. The Morgan fingerprint density at radius 3 is 3.00 bits per heavy atom. The molecular formula is C6H12O5. The molecular weight excluding hydrogens is 152 g/mol. The molecule has 2 unspecified atom stereocenters. The minimum atomic E-state index is -1.39. The first-order valence-electron chi connectivity index (χ1n) is 3.50.